The summed E-state index contributed by atoms with van der Waals surface area (Å²) in [5, 5.41) is 10.3. The van der Waals surface area contributed by atoms with E-state index in [1.54, 1.807) is 17.7 Å². The predicted molar refractivity (Wildman–Crippen MR) is 83.3 cm³/mol. The molecular weight excluding hydrogens is 266 g/mol. The SMILES string of the molecule is CC(=O)c1c(C)n(C)c2c(C(=O)O)cc(C(C)(C)C)cc12. The van der Waals surface area contributed by atoms with Crippen molar-refractivity contribution in [2.75, 3.05) is 0 Å². The molecule has 112 valence electrons. The van der Waals surface area contributed by atoms with E-state index >= 15 is 0 Å². The van der Waals surface area contributed by atoms with Gasteiger partial charge in [-0.2, -0.15) is 0 Å². The van der Waals surface area contributed by atoms with E-state index in [4.69, 9.17) is 0 Å². The molecule has 4 nitrogen and oxygen atoms in total. The van der Waals surface area contributed by atoms with Gasteiger partial charge >= 0.3 is 5.97 Å². The molecule has 0 radical (unpaired) electrons. The number of aromatic nitrogens is 1. The molecule has 4 heteroatoms. The molecule has 21 heavy (non-hydrogen) atoms. The van der Waals surface area contributed by atoms with Crippen LogP contribution in [0.25, 0.3) is 10.9 Å². The molecule has 0 amide bonds. The van der Waals surface area contributed by atoms with Crippen molar-refractivity contribution in [1.82, 2.24) is 4.57 Å². The van der Waals surface area contributed by atoms with Gasteiger partial charge in [-0.1, -0.05) is 20.8 Å². The Bertz CT molecular complexity index is 761. The smallest absolute Gasteiger partial charge is 0.337 e. The first kappa shape index (κ1) is 15.3. The highest BCUT2D eigenvalue weighted by atomic mass is 16.4. The maximum absolute atomic E-state index is 12.0. The van der Waals surface area contributed by atoms with Crippen LogP contribution in [0.1, 0.15) is 59.7 Å². The summed E-state index contributed by atoms with van der Waals surface area (Å²) in [4.78, 5) is 23.6. The molecule has 0 saturated carbocycles. The third-order valence-electron chi connectivity index (χ3n) is 4.03. The number of carboxylic acids is 1. The molecule has 0 spiro atoms. The van der Waals surface area contributed by atoms with E-state index in [0.717, 1.165) is 16.6 Å². The number of nitrogens with zero attached hydrogens (tertiary/aromatic N) is 1. The van der Waals surface area contributed by atoms with Crippen LogP contribution in [-0.2, 0) is 12.5 Å². The Morgan fingerprint density at radius 2 is 1.76 bits per heavy atom. The summed E-state index contributed by atoms with van der Waals surface area (Å²) in [5.74, 6) is -1.01. The lowest BCUT2D eigenvalue weighted by molar-refractivity contribution is 0.0698. The molecule has 0 bridgehead atoms. The van der Waals surface area contributed by atoms with Crippen molar-refractivity contribution in [2.24, 2.45) is 7.05 Å². The number of carbonyl (C=O) groups is 2. The van der Waals surface area contributed by atoms with Crippen molar-refractivity contribution in [2.45, 2.75) is 40.0 Å². The molecule has 0 saturated heterocycles. The van der Waals surface area contributed by atoms with E-state index in [-0.39, 0.29) is 16.8 Å². The number of hydrogen-bond acceptors (Lipinski definition) is 2. The van der Waals surface area contributed by atoms with E-state index in [9.17, 15) is 14.7 Å². The lowest BCUT2D eigenvalue weighted by Gasteiger charge is -2.20. The number of fused-ring (bicyclic) bond motifs is 1. The van der Waals surface area contributed by atoms with Gasteiger partial charge in [0.05, 0.1) is 11.1 Å². The average Bonchev–Trinajstić information content (AvgIpc) is 2.59. The highest BCUT2D eigenvalue weighted by molar-refractivity contribution is 6.13. The first-order chi connectivity index (χ1) is 9.55. The number of Topliss-reactive ketones (excluding diaryl/α,β-unsaturated/α-hetero) is 1. The second-order valence-electron chi connectivity index (χ2n) is 6.55. The minimum absolute atomic E-state index is 0.0412. The summed E-state index contributed by atoms with van der Waals surface area (Å²) in [7, 11) is 1.80. The first-order valence-corrected chi connectivity index (χ1v) is 6.93. The van der Waals surface area contributed by atoms with Gasteiger partial charge in [-0.25, -0.2) is 4.79 Å². The summed E-state index contributed by atoms with van der Waals surface area (Å²) in [5.41, 5.74) is 3.00. The van der Waals surface area contributed by atoms with Crippen LogP contribution < -0.4 is 0 Å². The number of ketones is 1. The van der Waals surface area contributed by atoms with Crippen LogP contribution in [0.4, 0.5) is 0 Å². The molecule has 2 rings (SSSR count). The Kier molecular flexibility index (Phi) is 3.44. The number of hydrogen-bond donors (Lipinski definition) is 1. The van der Waals surface area contributed by atoms with Gasteiger partial charge in [0, 0.05) is 23.7 Å². The molecule has 1 aromatic carbocycles. The molecule has 0 fully saturated rings. The zero-order chi connectivity index (χ0) is 16.1. The quantitative estimate of drug-likeness (QED) is 0.857. The Morgan fingerprint density at radius 3 is 2.19 bits per heavy atom. The second kappa shape index (κ2) is 4.72. The number of benzene rings is 1. The normalized spacial score (nSPS) is 11.9. The van der Waals surface area contributed by atoms with Crippen molar-refractivity contribution >= 4 is 22.7 Å². The van der Waals surface area contributed by atoms with Gasteiger partial charge in [0.25, 0.3) is 0 Å². The number of carbonyl (C=O) groups excluding carboxylic acids is 1. The molecule has 0 aliphatic heterocycles. The van der Waals surface area contributed by atoms with Gasteiger partial charge in [-0.05, 0) is 37.0 Å². The number of rotatable bonds is 2. The van der Waals surface area contributed by atoms with E-state index in [2.05, 4.69) is 0 Å². The molecule has 0 unspecified atom stereocenters. The monoisotopic (exact) mass is 287 g/mol. The fraction of sp³-hybridized carbons (Fsp3) is 0.412. The van der Waals surface area contributed by atoms with Crippen LogP contribution in [-0.4, -0.2) is 21.4 Å². The minimum Gasteiger partial charge on any atom is -0.478 e. The van der Waals surface area contributed by atoms with Crippen LogP contribution in [0.2, 0.25) is 0 Å². The van der Waals surface area contributed by atoms with Crippen molar-refractivity contribution in [3.8, 4) is 0 Å². The van der Waals surface area contributed by atoms with Gasteiger partial charge in [-0.15, -0.1) is 0 Å². The zero-order valence-electron chi connectivity index (χ0n) is 13.4. The first-order valence-electron chi connectivity index (χ1n) is 6.93. The second-order valence-corrected chi connectivity index (χ2v) is 6.55. The largest absolute Gasteiger partial charge is 0.478 e. The van der Waals surface area contributed by atoms with Crippen LogP contribution in [0.5, 0.6) is 0 Å². The lowest BCUT2D eigenvalue weighted by atomic mass is 9.84. The van der Waals surface area contributed by atoms with E-state index in [1.807, 2.05) is 33.8 Å². The van der Waals surface area contributed by atoms with Gasteiger partial charge in [0.1, 0.15) is 0 Å². The van der Waals surface area contributed by atoms with Crippen molar-refractivity contribution in [3.63, 3.8) is 0 Å². The number of aromatic carboxylic acids is 1. The maximum Gasteiger partial charge on any atom is 0.337 e. The van der Waals surface area contributed by atoms with Gasteiger partial charge in [0.2, 0.25) is 0 Å². The van der Waals surface area contributed by atoms with Gasteiger partial charge in [0.15, 0.2) is 5.78 Å². The van der Waals surface area contributed by atoms with E-state index < -0.39 is 5.97 Å². The van der Waals surface area contributed by atoms with Crippen molar-refractivity contribution < 1.29 is 14.7 Å². The summed E-state index contributed by atoms with van der Waals surface area (Å²) in [6.45, 7) is 9.46. The predicted octanol–water partition coefficient (Wildman–Crippen LogP) is 3.69. The number of carboxylic acid groups (broad SMARTS) is 1. The third-order valence-corrected chi connectivity index (χ3v) is 4.03. The fourth-order valence-electron chi connectivity index (χ4n) is 2.76. The van der Waals surface area contributed by atoms with Gasteiger partial charge in [-0.3, -0.25) is 4.79 Å². The van der Waals surface area contributed by atoms with Crippen LogP contribution in [0.3, 0.4) is 0 Å². The van der Waals surface area contributed by atoms with Gasteiger partial charge < -0.3 is 9.67 Å². The molecule has 2 aromatic rings. The Morgan fingerprint density at radius 1 is 1.19 bits per heavy atom. The highest BCUT2D eigenvalue weighted by Gasteiger charge is 2.24. The van der Waals surface area contributed by atoms with Crippen molar-refractivity contribution in [3.05, 3.63) is 34.5 Å². The van der Waals surface area contributed by atoms with Crippen LogP contribution in [0, 0.1) is 6.92 Å². The Hall–Kier alpha value is -2.10. The zero-order valence-corrected chi connectivity index (χ0v) is 13.4. The minimum atomic E-state index is -0.971. The molecule has 1 aromatic heterocycles. The Balaban J connectivity index is 3.04. The molecule has 0 aliphatic carbocycles. The summed E-state index contributed by atoms with van der Waals surface area (Å²) in [6.07, 6.45) is 0. The molecule has 1 N–H and O–H groups in total. The van der Waals surface area contributed by atoms with E-state index in [0.29, 0.717) is 11.1 Å². The lowest BCUT2D eigenvalue weighted by Crippen LogP contribution is -2.13. The maximum atomic E-state index is 12.0. The molecule has 0 aliphatic rings. The fourth-order valence-corrected chi connectivity index (χ4v) is 2.76. The molecule has 1 heterocycles. The summed E-state index contributed by atoms with van der Waals surface area (Å²) in [6, 6.07) is 3.67. The van der Waals surface area contributed by atoms with E-state index in [1.165, 1.54) is 6.92 Å². The van der Waals surface area contributed by atoms with Crippen LogP contribution in [0.15, 0.2) is 12.1 Å². The topological polar surface area (TPSA) is 59.3 Å². The molecular formula is C17H21NO3. The van der Waals surface area contributed by atoms with Crippen LogP contribution >= 0.6 is 0 Å². The summed E-state index contributed by atoms with van der Waals surface area (Å²) >= 11 is 0. The summed E-state index contributed by atoms with van der Waals surface area (Å²) < 4.78 is 1.79. The number of aryl methyl sites for hydroxylation is 1. The Labute approximate surface area is 124 Å². The highest BCUT2D eigenvalue weighted by Crippen LogP contribution is 2.33. The molecule has 0 atom stereocenters. The van der Waals surface area contributed by atoms with Crippen molar-refractivity contribution in [1.29, 1.82) is 0 Å². The third kappa shape index (κ3) is 2.35. The standard InChI is InChI=1S/C17H21NO3/c1-9-14(10(2)19)12-7-11(17(3,4)5)8-13(16(20)21)15(12)18(9)6/h7-8H,1-6H3,(H,20,21). The average molecular weight is 287 g/mol.